The quantitative estimate of drug-likeness (QED) is 0.667. The first-order valence-electron chi connectivity index (χ1n) is 4.00. The number of ketones is 1. The van der Waals surface area contributed by atoms with Gasteiger partial charge in [-0.15, -0.1) is 0 Å². The molecule has 0 saturated heterocycles. The van der Waals surface area contributed by atoms with Gasteiger partial charge in [-0.1, -0.05) is 0 Å². The monoisotopic (exact) mass is 175 g/mol. The summed E-state index contributed by atoms with van der Waals surface area (Å²) >= 11 is 0. The van der Waals surface area contributed by atoms with Gasteiger partial charge in [0.15, 0.2) is 5.78 Å². The number of aryl methyl sites for hydroxylation is 1. The minimum absolute atomic E-state index is 0.0491. The zero-order valence-electron chi connectivity index (χ0n) is 7.46. The Hall–Kier alpha value is -1.71. The second-order valence-electron chi connectivity index (χ2n) is 3.04. The van der Waals surface area contributed by atoms with Crippen LogP contribution in [0.5, 0.6) is 0 Å². The second-order valence-corrected chi connectivity index (χ2v) is 3.04. The normalized spacial score (nSPS) is 10.6. The molecule has 4 heteroatoms. The molecule has 2 aromatic rings. The van der Waals surface area contributed by atoms with Crippen LogP contribution in [-0.2, 0) is 0 Å². The van der Waals surface area contributed by atoms with Crippen molar-refractivity contribution in [1.29, 1.82) is 0 Å². The Balaban J connectivity index is 2.77. The highest BCUT2D eigenvalue weighted by Gasteiger charge is 2.06. The maximum Gasteiger partial charge on any atom is 0.159 e. The Morgan fingerprint density at radius 1 is 1.38 bits per heavy atom. The number of nitrogens with one attached hydrogen (secondary N) is 1. The summed E-state index contributed by atoms with van der Waals surface area (Å²) in [5.41, 5.74) is 3.21. The van der Waals surface area contributed by atoms with Gasteiger partial charge in [-0.05, 0) is 31.5 Å². The number of Topliss-reactive ketones (excluding diaryl/α,β-unsaturated/α-hetero) is 1. The van der Waals surface area contributed by atoms with E-state index in [0.29, 0.717) is 5.56 Å². The fraction of sp³-hybridized carbons (Fsp3) is 0.222. The van der Waals surface area contributed by atoms with Gasteiger partial charge in [0, 0.05) is 5.56 Å². The zero-order valence-corrected chi connectivity index (χ0v) is 7.46. The average Bonchev–Trinajstić information content (AvgIpc) is 2.51. The molecular formula is C9H9N3O. The van der Waals surface area contributed by atoms with Gasteiger partial charge in [-0.3, -0.25) is 4.79 Å². The molecule has 4 nitrogen and oxygen atoms in total. The molecule has 1 aromatic carbocycles. The minimum Gasteiger partial charge on any atom is -0.295 e. The zero-order chi connectivity index (χ0) is 9.42. The maximum atomic E-state index is 11.1. The van der Waals surface area contributed by atoms with E-state index in [-0.39, 0.29) is 5.78 Å². The summed E-state index contributed by atoms with van der Waals surface area (Å²) in [6, 6.07) is 3.57. The van der Waals surface area contributed by atoms with Gasteiger partial charge in [0.25, 0.3) is 0 Å². The van der Waals surface area contributed by atoms with Gasteiger partial charge in [0.2, 0.25) is 0 Å². The second kappa shape index (κ2) is 2.65. The summed E-state index contributed by atoms with van der Waals surface area (Å²) in [5, 5.41) is 10.4. The van der Waals surface area contributed by atoms with Crippen molar-refractivity contribution in [2.24, 2.45) is 0 Å². The average molecular weight is 175 g/mol. The van der Waals surface area contributed by atoms with Crippen LogP contribution in [0, 0.1) is 6.92 Å². The van der Waals surface area contributed by atoms with Crippen LogP contribution in [0.2, 0.25) is 0 Å². The smallest absolute Gasteiger partial charge is 0.159 e. The number of hydrogen-bond donors (Lipinski definition) is 1. The summed E-state index contributed by atoms with van der Waals surface area (Å²) < 4.78 is 0. The Kier molecular flexibility index (Phi) is 1.62. The van der Waals surface area contributed by atoms with Crippen molar-refractivity contribution in [2.45, 2.75) is 13.8 Å². The van der Waals surface area contributed by atoms with E-state index in [4.69, 9.17) is 0 Å². The molecule has 13 heavy (non-hydrogen) atoms. The fourth-order valence-electron chi connectivity index (χ4n) is 1.32. The number of carbonyl (C=O) groups excluding carboxylic acids is 1. The topological polar surface area (TPSA) is 58.6 Å². The van der Waals surface area contributed by atoms with Crippen molar-refractivity contribution < 1.29 is 4.79 Å². The number of aromatic nitrogens is 3. The third kappa shape index (κ3) is 1.20. The van der Waals surface area contributed by atoms with E-state index >= 15 is 0 Å². The lowest BCUT2D eigenvalue weighted by Gasteiger charge is -1.97. The van der Waals surface area contributed by atoms with Crippen molar-refractivity contribution >= 4 is 16.8 Å². The number of aromatic amines is 1. The van der Waals surface area contributed by atoms with E-state index in [1.54, 1.807) is 13.0 Å². The lowest BCUT2D eigenvalue weighted by molar-refractivity contribution is 0.101. The molecule has 0 unspecified atom stereocenters. The molecule has 0 saturated carbocycles. The first-order chi connectivity index (χ1) is 6.18. The number of nitrogens with zero attached hydrogens (tertiary/aromatic N) is 2. The lowest BCUT2D eigenvalue weighted by Crippen LogP contribution is -1.92. The molecule has 2 rings (SSSR count). The van der Waals surface area contributed by atoms with E-state index in [2.05, 4.69) is 15.4 Å². The van der Waals surface area contributed by atoms with Crippen molar-refractivity contribution in [1.82, 2.24) is 15.4 Å². The molecule has 0 aliphatic heterocycles. The van der Waals surface area contributed by atoms with Crippen molar-refractivity contribution in [3.05, 3.63) is 23.3 Å². The molecule has 0 radical (unpaired) electrons. The summed E-state index contributed by atoms with van der Waals surface area (Å²) in [6.07, 6.45) is 0. The van der Waals surface area contributed by atoms with Crippen LogP contribution in [0.1, 0.15) is 22.8 Å². The lowest BCUT2D eigenvalue weighted by atomic mass is 10.1. The summed E-state index contributed by atoms with van der Waals surface area (Å²) in [5.74, 6) is 0.0491. The van der Waals surface area contributed by atoms with E-state index < -0.39 is 0 Å². The predicted octanol–water partition coefficient (Wildman–Crippen LogP) is 1.47. The SMILES string of the molecule is CC(=O)c1cc(C)c2n[nH]nc2c1. The van der Waals surface area contributed by atoms with Gasteiger partial charge in [-0.25, -0.2) is 0 Å². The van der Waals surface area contributed by atoms with Crippen LogP contribution in [0.25, 0.3) is 11.0 Å². The van der Waals surface area contributed by atoms with E-state index in [0.717, 1.165) is 16.6 Å². The molecule has 0 bridgehead atoms. The molecule has 0 aliphatic rings. The first kappa shape index (κ1) is 7.91. The molecule has 0 aliphatic carbocycles. The maximum absolute atomic E-state index is 11.1. The number of benzene rings is 1. The molecule has 0 atom stereocenters. The van der Waals surface area contributed by atoms with Crippen LogP contribution in [-0.4, -0.2) is 21.2 Å². The Morgan fingerprint density at radius 3 is 2.85 bits per heavy atom. The molecule has 66 valence electrons. The van der Waals surface area contributed by atoms with Gasteiger partial charge >= 0.3 is 0 Å². The summed E-state index contributed by atoms with van der Waals surface area (Å²) in [7, 11) is 0. The van der Waals surface area contributed by atoms with Crippen LogP contribution in [0.3, 0.4) is 0 Å². The number of carbonyl (C=O) groups is 1. The molecule has 1 heterocycles. The number of rotatable bonds is 1. The molecule has 1 aromatic heterocycles. The standard InChI is InChI=1S/C9H9N3O/c1-5-3-7(6(2)13)4-8-9(5)11-12-10-8/h3-4H,1-2H3,(H,10,11,12). The molecule has 0 amide bonds. The molecular weight excluding hydrogens is 166 g/mol. The first-order valence-corrected chi connectivity index (χ1v) is 4.00. The highest BCUT2D eigenvalue weighted by atomic mass is 16.1. The third-order valence-electron chi connectivity index (χ3n) is 2.02. The van der Waals surface area contributed by atoms with Crippen molar-refractivity contribution in [3.8, 4) is 0 Å². The van der Waals surface area contributed by atoms with Gasteiger partial charge in [0.05, 0.1) is 0 Å². The highest BCUT2D eigenvalue weighted by Crippen LogP contribution is 2.16. The number of fused-ring (bicyclic) bond motifs is 1. The summed E-state index contributed by atoms with van der Waals surface area (Å²) in [6.45, 7) is 3.46. The highest BCUT2D eigenvalue weighted by molar-refractivity contribution is 5.97. The largest absolute Gasteiger partial charge is 0.295 e. The Morgan fingerprint density at radius 2 is 2.15 bits per heavy atom. The van der Waals surface area contributed by atoms with Crippen LogP contribution in [0.4, 0.5) is 0 Å². The van der Waals surface area contributed by atoms with Crippen LogP contribution in [0.15, 0.2) is 12.1 Å². The minimum atomic E-state index is 0.0491. The van der Waals surface area contributed by atoms with Crippen LogP contribution < -0.4 is 0 Å². The molecule has 1 N–H and O–H groups in total. The fourth-order valence-corrected chi connectivity index (χ4v) is 1.32. The molecule has 0 spiro atoms. The van der Waals surface area contributed by atoms with Crippen molar-refractivity contribution in [2.75, 3.05) is 0 Å². The van der Waals surface area contributed by atoms with E-state index in [1.165, 1.54) is 0 Å². The number of hydrogen-bond acceptors (Lipinski definition) is 3. The molecule has 0 fully saturated rings. The van der Waals surface area contributed by atoms with Gasteiger partial charge in [0.1, 0.15) is 11.0 Å². The summed E-state index contributed by atoms with van der Waals surface area (Å²) in [4.78, 5) is 11.1. The van der Waals surface area contributed by atoms with E-state index in [9.17, 15) is 4.79 Å². The Labute approximate surface area is 75.0 Å². The van der Waals surface area contributed by atoms with E-state index in [1.807, 2.05) is 13.0 Å². The van der Waals surface area contributed by atoms with Crippen LogP contribution >= 0.6 is 0 Å². The number of H-pyrrole nitrogens is 1. The predicted molar refractivity (Wildman–Crippen MR) is 48.6 cm³/mol. The van der Waals surface area contributed by atoms with Crippen molar-refractivity contribution in [3.63, 3.8) is 0 Å². The van der Waals surface area contributed by atoms with Gasteiger partial charge in [-0.2, -0.15) is 15.4 Å². The third-order valence-corrected chi connectivity index (χ3v) is 2.02. The Bertz CT molecular complexity index is 473. The van der Waals surface area contributed by atoms with Gasteiger partial charge < -0.3 is 0 Å².